The lowest BCUT2D eigenvalue weighted by atomic mass is 10.1. The predicted molar refractivity (Wildman–Crippen MR) is 83.6 cm³/mol. The van der Waals surface area contributed by atoms with Crippen LogP contribution in [0.4, 0.5) is 13.2 Å². The van der Waals surface area contributed by atoms with Gasteiger partial charge in [-0.25, -0.2) is 0 Å². The van der Waals surface area contributed by atoms with E-state index in [2.05, 4.69) is 4.98 Å². The lowest BCUT2D eigenvalue weighted by Gasteiger charge is -2.05. The molecule has 1 heterocycles. The molecule has 23 heavy (non-hydrogen) atoms. The molecule has 0 amide bonds. The van der Waals surface area contributed by atoms with Gasteiger partial charge in [0.25, 0.3) is 10.1 Å². The molecule has 0 saturated carbocycles. The van der Waals surface area contributed by atoms with Crippen LogP contribution in [0.25, 0.3) is 0 Å². The molecule has 0 fully saturated rings. The molecule has 8 heteroatoms. The van der Waals surface area contributed by atoms with Crippen LogP contribution in [0.3, 0.4) is 0 Å². The number of aromatic nitrogens is 1. The fourth-order valence-electron chi connectivity index (χ4n) is 1.81. The summed E-state index contributed by atoms with van der Waals surface area (Å²) in [5.74, 6) is -0.235. The van der Waals surface area contributed by atoms with Gasteiger partial charge in [-0.2, -0.15) is 21.6 Å². The number of unbranched alkanes of at least 4 members (excludes halogenated alkanes) is 6. The van der Waals surface area contributed by atoms with Gasteiger partial charge in [-0.1, -0.05) is 38.2 Å². The third kappa shape index (κ3) is 20.9. The van der Waals surface area contributed by atoms with E-state index in [-0.39, 0.29) is 12.2 Å². The summed E-state index contributed by atoms with van der Waals surface area (Å²) in [5.41, 5.74) is 0. The quantitative estimate of drug-likeness (QED) is 0.518. The van der Waals surface area contributed by atoms with E-state index < -0.39 is 22.7 Å². The van der Waals surface area contributed by atoms with Crippen molar-refractivity contribution in [2.75, 3.05) is 5.75 Å². The van der Waals surface area contributed by atoms with Crippen molar-refractivity contribution in [3.8, 4) is 0 Å². The SMILES string of the molecule is O=S(=O)(O)CCCCCCCCCC(F)(F)F.c1ccncc1. The van der Waals surface area contributed by atoms with Gasteiger partial charge in [-0.3, -0.25) is 9.54 Å². The Bertz CT molecular complexity index is 452. The first kappa shape index (κ1) is 21.9. The highest BCUT2D eigenvalue weighted by Crippen LogP contribution is 2.23. The van der Waals surface area contributed by atoms with Crippen LogP contribution < -0.4 is 0 Å². The minimum Gasteiger partial charge on any atom is -0.286 e. The summed E-state index contributed by atoms with van der Waals surface area (Å²) < 4.78 is 64.4. The molecular formula is C15H24F3NO3S. The molecule has 134 valence electrons. The Kier molecular flexibility index (Phi) is 11.7. The van der Waals surface area contributed by atoms with Gasteiger partial charge in [-0.05, 0) is 25.0 Å². The predicted octanol–water partition coefficient (Wildman–Crippen LogP) is 4.64. The number of rotatable bonds is 9. The van der Waals surface area contributed by atoms with Gasteiger partial charge in [-0.15, -0.1) is 0 Å². The molecular weight excluding hydrogens is 331 g/mol. The van der Waals surface area contributed by atoms with Crippen LogP contribution in [-0.4, -0.2) is 29.9 Å². The van der Waals surface area contributed by atoms with Gasteiger partial charge in [0.15, 0.2) is 0 Å². The molecule has 0 aromatic carbocycles. The monoisotopic (exact) mass is 355 g/mol. The zero-order valence-electron chi connectivity index (χ0n) is 13.0. The maximum atomic E-state index is 11.8. The van der Waals surface area contributed by atoms with E-state index in [1.807, 2.05) is 18.2 Å². The molecule has 4 nitrogen and oxygen atoms in total. The van der Waals surface area contributed by atoms with Gasteiger partial charge < -0.3 is 0 Å². The Labute approximate surface area is 135 Å². The first-order valence-electron chi connectivity index (χ1n) is 7.57. The minimum absolute atomic E-state index is 0.161. The molecule has 0 saturated heterocycles. The molecule has 1 rings (SSSR count). The number of halogens is 3. The number of hydrogen-bond acceptors (Lipinski definition) is 3. The van der Waals surface area contributed by atoms with Crippen LogP contribution >= 0.6 is 0 Å². The summed E-state index contributed by atoms with van der Waals surface area (Å²) in [7, 11) is -3.87. The van der Waals surface area contributed by atoms with Crippen molar-refractivity contribution >= 4 is 10.1 Å². The molecule has 0 aliphatic carbocycles. The lowest BCUT2D eigenvalue weighted by Crippen LogP contribution is -2.06. The normalized spacial score (nSPS) is 11.7. The van der Waals surface area contributed by atoms with Crippen LogP contribution in [0.2, 0.25) is 0 Å². The maximum Gasteiger partial charge on any atom is 0.389 e. The van der Waals surface area contributed by atoms with Gasteiger partial charge in [0.1, 0.15) is 0 Å². The molecule has 0 atom stereocenters. The third-order valence-electron chi connectivity index (χ3n) is 2.93. The molecule has 0 bridgehead atoms. The van der Waals surface area contributed by atoms with E-state index in [9.17, 15) is 21.6 Å². The fourth-order valence-corrected chi connectivity index (χ4v) is 2.38. The summed E-state index contributed by atoms with van der Waals surface area (Å²) in [4.78, 5) is 3.78. The van der Waals surface area contributed by atoms with Gasteiger partial charge in [0, 0.05) is 18.8 Å². The van der Waals surface area contributed by atoms with E-state index in [1.54, 1.807) is 12.4 Å². The molecule has 0 spiro atoms. The van der Waals surface area contributed by atoms with Gasteiger partial charge in [0.2, 0.25) is 0 Å². The highest BCUT2D eigenvalue weighted by atomic mass is 32.2. The van der Waals surface area contributed by atoms with Crippen molar-refractivity contribution in [1.29, 1.82) is 0 Å². The first-order valence-corrected chi connectivity index (χ1v) is 9.18. The lowest BCUT2D eigenvalue weighted by molar-refractivity contribution is -0.135. The van der Waals surface area contributed by atoms with Crippen LogP contribution in [0.1, 0.15) is 51.4 Å². The van der Waals surface area contributed by atoms with Crippen LogP contribution in [0.15, 0.2) is 30.6 Å². The maximum absolute atomic E-state index is 11.8. The van der Waals surface area contributed by atoms with Crippen molar-refractivity contribution in [2.24, 2.45) is 0 Å². The second-order valence-electron chi connectivity index (χ2n) is 5.15. The third-order valence-corrected chi connectivity index (χ3v) is 3.73. The second-order valence-corrected chi connectivity index (χ2v) is 6.72. The summed E-state index contributed by atoms with van der Waals surface area (Å²) >= 11 is 0. The Hall–Kier alpha value is -1.15. The van der Waals surface area contributed by atoms with Crippen molar-refractivity contribution in [2.45, 2.75) is 57.5 Å². The van der Waals surface area contributed by atoms with E-state index >= 15 is 0 Å². The number of hydrogen-bond donors (Lipinski definition) is 1. The fraction of sp³-hybridized carbons (Fsp3) is 0.667. The molecule has 1 aromatic heterocycles. The second kappa shape index (κ2) is 12.3. The average molecular weight is 355 g/mol. The van der Waals surface area contributed by atoms with E-state index in [1.165, 1.54) is 0 Å². The first-order chi connectivity index (χ1) is 10.7. The topological polar surface area (TPSA) is 67.3 Å². The molecule has 1 N–H and O–H groups in total. The van der Waals surface area contributed by atoms with Gasteiger partial charge >= 0.3 is 6.18 Å². The molecule has 0 aliphatic rings. The van der Waals surface area contributed by atoms with E-state index in [4.69, 9.17) is 4.55 Å². The highest BCUT2D eigenvalue weighted by Gasteiger charge is 2.25. The van der Waals surface area contributed by atoms with Crippen molar-refractivity contribution in [3.63, 3.8) is 0 Å². The van der Waals surface area contributed by atoms with Crippen molar-refractivity contribution in [3.05, 3.63) is 30.6 Å². The van der Waals surface area contributed by atoms with E-state index in [0.29, 0.717) is 19.3 Å². The molecule has 0 aliphatic heterocycles. The molecule has 0 unspecified atom stereocenters. The van der Waals surface area contributed by atoms with Crippen molar-refractivity contribution in [1.82, 2.24) is 4.98 Å². The Morgan fingerprint density at radius 3 is 1.65 bits per heavy atom. The standard InChI is InChI=1S/C10H19F3O3S.C5H5N/c11-10(12,13)8-6-4-2-1-3-5-7-9-17(14,15)16;1-2-4-6-5-3-1/h1-9H2,(H,14,15,16);1-5H. The Balaban J connectivity index is 0.000000664. The number of nitrogens with zero attached hydrogens (tertiary/aromatic N) is 1. The number of pyridine rings is 1. The Morgan fingerprint density at radius 2 is 1.30 bits per heavy atom. The van der Waals surface area contributed by atoms with Crippen molar-refractivity contribution < 1.29 is 26.1 Å². The number of alkyl halides is 3. The minimum atomic E-state index is -4.06. The summed E-state index contributed by atoms with van der Waals surface area (Å²) in [6, 6.07) is 5.72. The smallest absolute Gasteiger partial charge is 0.286 e. The molecule has 0 radical (unpaired) electrons. The van der Waals surface area contributed by atoms with Crippen LogP contribution in [0.5, 0.6) is 0 Å². The average Bonchev–Trinajstić information content (AvgIpc) is 2.46. The van der Waals surface area contributed by atoms with Crippen LogP contribution in [-0.2, 0) is 10.1 Å². The summed E-state index contributed by atoms with van der Waals surface area (Å²) in [5, 5.41) is 0. The highest BCUT2D eigenvalue weighted by molar-refractivity contribution is 7.85. The van der Waals surface area contributed by atoms with Crippen LogP contribution in [0, 0.1) is 0 Å². The zero-order valence-corrected chi connectivity index (χ0v) is 13.8. The molecule has 1 aromatic rings. The Morgan fingerprint density at radius 1 is 0.826 bits per heavy atom. The summed E-state index contributed by atoms with van der Waals surface area (Å²) in [6.07, 6.45) is 2.85. The van der Waals surface area contributed by atoms with Gasteiger partial charge in [0.05, 0.1) is 5.75 Å². The largest absolute Gasteiger partial charge is 0.389 e. The zero-order chi connectivity index (χ0) is 17.6. The summed E-state index contributed by atoms with van der Waals surface area (Å²) in [6.45, 7) is 0. The van der Waals surface area contributed by atoms with E-state index in [0.717, 1.165) is 19.3 Å².